The van der Waals surface area contributed by atoms with E-state index < -0.39 is 0 Å². The summed E-state index contributed by atoms with van der Waals surface area (Å²) in [6.07, 6.45) is 3.77. The summed E-state index contributed by atoms with van der Waals surface area (Å²) in [6.45, 7) is 5.69. The molecule has 0 unspecified atom stereocenters. The van der Waals surface area contributed by atoms with Gasteiger partial charge in [-0.3, -0.25) is 0 Å². The minimum atomic E-state index is 0.152. The lowest BCUT2D eigenvalue weighted by atomic mass is 10.2. The zero-order chi connectivity index (χ0) is 17.8. The van der Waals surface area contributed by atoms with Gasteiger partial charge in [-0.2, -0.15) is 5.10 Å². The summed E-state index contributed by atoms with van der Waals surface area (Å²) >= 11 is 0. The van der Waals surface area contributed by atoms with Crippen molar-refractivity contribution < 1.29 is 5.11 Å². The normalized spacial score (nSPS) is 11.2. The Hall–Kier alpha value is -2.60. The Labute approximate surface area is 148 Å². The molecule has 0 saturated heterocycles. The van der Waals surface area contributed by atoms with Crippen molar-refractivity contribution >= 4 is 22.4 Å². The number of aliphatic hydroxyl groups is 1. The van der Waals surface area contributed by atoms with Crippen LogP contribution in [0.5, 0.6) is 0 Å². The van der Waals surface area contributed by atoms with Crippen LogP contribution in [0.4, 0.5) is 11.4 Å². The summed E-state index contributed by atoms with van der Waals surface area (Å²) in [6, 6.07) is 10.6. The van der Waals surface area contributed by atoms with Crippen molar-refractivity contribution in [2.24, 2.45) is 0 Å². The van der Waals surface area contributed by atoms with Crippen molar-refractivity contribution in [1.29, 1.82) is 0 Å². The maximum absolute atomic E-state index is 9.00. The molecule has 0 fully saturated rings. The van der Waals surface area contributed by atoms with E-state index in [1.165, 1.54) is 0 Å². The molecule has 6 heteroatoms. The molecule has 0 aliphatic heterocycles. The van der Waals surface area contributed by atoms with Gasteiger partial charge in [0.2, 0.25) is 0 Å². The molecule has 0 saturated carbocycles. The third kappa shape index (κ3) is 3.91. The van der Waals surface area contributed by atoms with E-state index in [1.807, 2.05) is 53.3 Å². The molecule has 3 rings (SSSR count). The first kappa shape index (κ1) is 17.2. The molecule has 132 valence electrons. The zero-order valence-electron chi connectivity index (χ0n) is 15.0. The highest BCUT2D eigenvalue weighted by Gasteiger charge is 2.08. The van der Waals surface area contributed by atoms with Gasteiger partial charge in [0.05, 0.1) is 12.8 Å². The van der Waals surface area contributed by atoms with Crippen molar-refractivity contribution in [2.75, 3.05) is 30.4 Å². The highest BCUT2D eigenvalue weighted by Crippen LogP contribution is 2.19. The molecule has 0 aliphatic rings. The highest BCUT2D eigenvalue weighted by atomic mass is 16.3. The van der Waals surface area contributed by atoms with E-state index in [-0.39, 0.29) is 6.61 Å². The molecule has 6 nitrogen and oxygen atoms in total. The summed E-state index contributed by atoms with van der Waals surface area (Å²) in [7, 11) is 1.97. The number of likely N-dealkylation sites (N-methyl/N-ethyl adjacent to an activating group) is 1. The van der Waals surface area contributed by atoms with Crippen LogP contribution >= 0.6 is 0 Å². The number of benzene rings is 1. The Balaban J connectivity index is 1.66. The second-order valence-electron chi connectivity index (χ2n) is 6.48. The Morgan fingerprint density at radius 1 is 1.20 bits per heavy atom. The SMILES string of the molecule is CC(C)n1ncc2cc(CNc3ccc(N(C)CCO)cc3)cnc21. The van der Waals surface area contributed by atoms with Crippen molar-refractivity contribution in [1.82, 2.24) is 14.8 Å². The standard InChI is InChI=1S/C19H25N5O/c1-14(2)24-19-16(13-22-24)10-15(12-21-19)11-20-17-4-6-18(7-5-17)23(3)8-9-25/h4-7,10,12-14,20,25H,8-9,11H2,1-3H3. The third-order valence-corrected chi connectivity index (χ3v) is 4.22. The fourth-order valence-corrected chi connectivity index (χ4v) is 2.78. The van der Waals surface area contributed by atoms with Gasteiger partial charge in [-0.25, -0.2) is 9.67 Å². The largest absolute Gasteiger partial charge is 0.395 e. The van der Waals surface area contributed by atoms with Crippen LogP contribution in [-0.4, -0.2) is 40.1 Å². The van der Waals surface area contributed by atoms with Crippen LogP contribution < -0.4 is 10.2 Å². The van der Waals surface area contributed by atoms with Crippen molar-refractivity contribution in [3.8, 4) is 0 Å². The Morgan fingerprint density at radius 2 is 1.96 bits per heavy atom. The van der Waals surface area contributed by atoms with Crippen LogP contribution in [0.1, 0.15) is 25.5 Å². The van der Waals surface area contributed by atoms with Gasteiger partial charge in [-0.15, -0.1) is 0 Å². The van der Waals surface area contributed by atoms with Crippen molar-refractivity contribution in [2.45, 2.75) is 26.4 Å². The number of aliphatic hydroxyl groups excluding tert-OH is 1. The number of nitrogens with one attached hydrogen (secondary N) is 1. The maximum Gasteiger partial charge on any atom is 0.157 e. The quantitative estimate of drug-likeness (QED) is 0.692. The molecule has 0 atom stereocenters. The van der Waals surface area contributed by atoms with Gasteiger partial charge >= 0.3 is 0 Å². The van der Waals surface area contributed by atoms with Gasteiger partial charge in [0.1, 0.15) is 0 Å². The smallest absolute Gasteiger partial charge is 0.157 e. The molecular formula is C19H25N5O. The first-order chi connectivity index (χ1) is 12.1. The Kier molecular flexibility index (Phi) is 5.19. The van der Waals surface area contributed by atoms with Gasteiger partial charge in [0.25, 0.3) is 0 Å². The molecule has 3 aromatic rings. The molecule has 0 aliphatic carbocycles. The first-order valence-corrected chi connectivity index (χ1v) is 8.56. The number of hydrogen-bond acceptors (Lipinski definition) is 5. The number of aromatic nitrogens is 3. The number of fused-ring (bicyclic) bond motifs is 1. The van der Waals surface area contributed by atoms with E-state index >= 15 is 0 Å². The van der Waals surface area contributed by atoms with Crippen LogP contribution in [0, 0.1) is 0 Å². The summed E-state index contributed by atoms with van der Waals surface area (Å²) < 4.78 is 1.94. The highest BCUT2D eigenvalue weighted by molar-refractivity contribution is 5.75. The van der Waals surface area contributed by atoms with Gasteiger partial charge in [-0.05, 0) is 49.7 Å². The molecule has 0 radical (unpaired) electrons. The number of nitrogens with zero attached hydrogens (tertiary/aromatic N) is 4. The average Bonchev–Trinajstić information content (AvgIpc) is 3.04. The summed E-state index contributed by atoms with van der Waals surface area (Å²) in [5.41, 5.74) is 4.19. The van der Waals surface area contributed by atoms with E-state index in [9.17, 15) is 0 Å². The zero-order valence-corrected chi connectivity index (χ0v) is 15.0. The molecule has 0 amide bonds. The molecule has 0 bridgehead atoms. The second kappa shape index (κ2) is 7.53. The monoisotopic (exact) mass is 339 g/mol. The van der Waals surface area contributed by atoms with Gasteiger partial charge in [0, 0.05) is 49.1 Å². The van der Waals surface area contributed by atoms with E-state index in [4.69, 9.17) is 5.11 Å². The van der Waals surface area contributed by atoms with Crippen LogP contribution in [0.15, 0.2) is 42.7 Å². The molecule has 25 heavy (non-hydrogen) atoms. The van der Waals surface area contributed by atoms with Gasteiger partial charge in [-0.1, -0.05) is 0 Å². The minimum absolute atomic E-state index is 0.152. The lowest BCUT2D eigenvalue weighted by Gasteiger charge is -2.18. The van der Waals surface area contributed by atoms with Crippen LogP contribution in [-0.2, 0) is 6.54 Å². The van der Waals surface area contributed by atoms with E-state index in [1.54, 1.807) is 0 Å². The van der Waals surface area contributed by atoms with Crippen molar-refractivity contribution in [3.63, 3.8) is 0 Å². The van der Waals surface area contributed by atoms with Crippen LogP contribution in [0.3, 0.4) is 0 Å². The summed E-state index contributed by atoms with van der Waals surface area (Å²) in [4.78, 5) is 6.58. The van der Waals surface area contributed by atoms with E-state index in [2.05, 4.69) is 35.3 Å². The summed E-state index contributed by atoms with van der Waals surface area (Å²) in [5.74, 6) is 0. The third-order valence-electron chi connectivity index (χ3n) is 4.22. The Morgan fingerprint density at radius 3 is 2.64 bits per heavy atom. The predicted octanol–water partition coefficient (Wildman–Crippen LogP) is 3.05. The number of rotatable bonds is 7. The van der Waals surface area contributed by atoms with Crippen LogP contribution in [0.25, 0.3) is 11.0 Å². The van der Waals surface area contributed by atoms with Gasteiger partial charge < -0.3 is 15.3 Å². The molecule has 2 heterocycles. The molecule has 1 aromatic carbocycles. The summed E-state index contributed by atoms with van der Waals surface area (Å²) in [5, 5.41) is 17.9. The first-order valence-electron chi connectivity index (χ1n) is 8.56. The number of hydrogen-bond donors (Lipinski definition) is 2. The van der Waals surface area contributed by atoms with Crippen molar-refractivity contribution in [3.05, 3.63) is 48.3 Å². The van der Waals surface area contributed by atoms with Crippen LogP contribution in [0.2, 0.25) is 0 Å². The predicted molar refractivity (Wildman–Crippen MR) is 102 cm³/mol. The lowest BCUT2D eigenvalue weighted by Crippen LogP contribution is -2.20. The number of anilines is 2. The maximum atomic E-state index is 9.00. The minimum Gasteiger partial charge on any atom is -0.395 e. The number of pyridine rings is 1. The van der Waals surface area contributed by atoms with E-state index in [0.717, 1.165) is 28.0 Å². The molecule has 2 aromatic heterocycles. The fraction of sp³-hybridized carbons (Fsp3) is 0.368. The average molecular weight is 339 g/mol. The van der Waals surface area contributed by atoms with Gasteiger partial charge in [0.15, 0.2) is 5.65 Å². The van der Waals surface area contributed by atoms with E-state index in [0.29, 0.717) is 19.1 Å². The molecule has 0 spiro atoms. The topological polar surface area (TPSA) is 66.2 Å². The fourth-order valence-electron chi connectivity index (χ4n) is 2.78. The molecule has 2 N–H and O–H groups in total. The second-order valence-corrected chi connectivity index (χ2v) is 6.48. The molecular weight excluding hydrogens is 314 g/mol. The lowest BCUT2D eigenvalue weighted by molar-refractivity contribution is 0.304. The Bertz CT molecular complexity index is 825.